The molecule has 0 aliphatic carbocycles. The second-order valence-electron chi connectivity index (χ2n) is 6.23. The summed E-state index contributed by atoms with van der Waals surface area (Å²) in [5.41, 5.74) is 1.23. The summed E-state index contributed by atoms with van der Waals surface area (Å²) >= 11 is 0. The molecule has 6 nitrogen and oxygen atoms in total. The molecule has 0 atom stereocenters. The predicted molar refractivity (Wildman–Crippen MR) is 93.7 cm³/mol. The van der Waals surface area contributed by atoms with Crippen LogP contribution in [0.2, 0.25) is 0 Å². The minimum absolute atomic E-state index is 0.0681. The van der Waals surface area contributed by atoms with Gasteiger partial charge in [0, 0.05) is 18.7 Å². The summed E-state index contributed by atoms with van der Waals surface area (Å²) in [4.78, 5) is 14.6. The van der Waals surface area contributed by atoms with Crippen molar-refractivity contribution in [2.75, 3.05) is 13.1 Å². The molecule has 0 bridgehead atoms. The highest BCUT2D eigenvalue weighted by Gasteiger charge is 2.22. The lowest BCUT2D eigenvalue weighted by molar-refractivity contribution is 0.0723. The number of benzene rings is 1. The Morgan fingerprint density at radius 1 is 1.20 bits per heavy atom. The van der Waals surface area contributed by atoms with Crippen LogP contribution in [-0.2, 0) is 16.6 Å². The monoisotopic (exact) mass is 362 g/mol. The summed E-state index contributed by atoms with van der Waals surface area (Å²) in [5, 5.41) is 0. The summed E-state index contributed by atoms with van der Waals surface area (Å²) in [6.45, 7) is 3.35. The maximum absolute atomic E-state index is 12.7. The van der Waals surface area contributed by atoms with Crippen LogP contribution < -0.4 is 4.72 Å². The maximum atomic E-state index is 12.7. The van der Waals surface area contributed by atoms with Gasteiger partial charge < -0.3 is 9.32 Å². The lowest BCUT2D eigenvalue weighted by Crippen LogP contribution is -2.36. The molecule has 134 valence electrons. The van der Waals surface area contributed by atoms with Crippen LogP contribution in [0.5, 0.6) is 0 Å². The van der Waals surface area contributed by atoms with E-state index in [1.807, 2.05) is 6.92 Å². The van der Waals surface area contributed by atoms with Crippen molar-refractivity contribution >= 4 is 15.9 Å². The van der Waals surface area contributed by atoms with Crippen molar-refractivity contribution in [2.24, 2.45) is 0 Å². The normalized spacial score (nSPS) is 15.3. The van der Waals surface area contributed by atoms with E-state index in [9.17, 15) is 13.2 Å². The van der Waals surface area contributed by atoms with Gasteiger partial charge in [-0.05, 0) is 56.0 Å². The minimum atomic E-state index is -3.72. The number of likely N-dealkylation sites (tertiary alicyclic amines) is 1. The molecule has 0 radical (unpaired) electrons. The molecule has 0 unspecified atom stereocenters. The Labute approximate surface area is 147 Å². The Hall–Kier alpha value is -2.12. The highest BCUT2D eigenvalue weighted by molar-refractivity contribution is 7.89. The number of aryl methyl sites for hydroxylation is 1. The van der Waals surface area contributed by atoms with Crippen LogP contribution in [0, 0.1) is 6.92 Å². The van der Waals surface area contributed by atoms with Crippen molar-refractivity contribution in [2.45, 2.75) is 37.6 Å². The van der Waals surface area contributed by atoms with Gasteiger partial charge >= 0.3 is 0 Å². The van der Waals surface area contributed by atoms with Crippen molar-refractivity contribution in [3.05, 3.63) is 53.5 Å². The molecule has 7 heteroatoms. The molecular formula is C18H22N2O4S. The predicted octanol–water partition coefficient (Wildman–Crippen LogP) is 2.69. The standard InChI is InChI=1S/C18H22N2O4S/c1-14-7-8-16(25(22,23)19-13-15-6-5-11-24-15)12-17(14)18(21)20-9-3-2-4-10-20/h5-8,11-12,19H,2-4,9-10,13H2,1H3. The van der Waals surface area contributed by atoms with Gasteiger partial charge in [-0.2, -0.15) is 0 Å². The molecule has 1 aromatic heterocycles. The zero-order valence-electron chi connectivity index (χ0n) is 14.2. The number of nitrogens with zero attached hydrogens (tertiary/aromatic N) is 1. The van der Waals surface area contributed by atoms with Gasteiger partial charge in [-0.3, -0.25) is 4.79 Å². The van der Waals surface area contributed by atoms with Crippen LogP contribution in [0.3, 0.4) is 0 Å². The van der Waals surface area contributed by atoms with E-state index in [1.54, 1.807) is 23.1 Å². The largest absolute Gasteiger partial charge is 0.468 e. The van der Waals surface area contributed by atoms with Gasteiger partial charge in [0.15, 0.2) is 0 Å². The number of nitrogens with one attached hydrogen (secondary N) is 1. The van der Waals surface area contributed by atoms with Crippen LogP contribution in [0.1, 0.15) is 40.9 Å². The molecular weight excluding hydrogens is 340 g/mol. The van der Waals surface area contributed by atoms with Crippen molar-refractivity contribution in [3.63, 3.8) is 0 Å². The van der Waals surface area contributed by atoms with Crippen molar-refractivity contribution in [1.82, 2.24) is 9.62 Å². The van der Waals surface area contributed by atoms with Crippen LogP contribution in [0.4, 0.5) is 0 Å². The maximum Gasteiger partial charge on any atom is 0.254 e. The lowest BCUT2D eigenvalue weighted by Gasteiger charge is -2.27. The Morgan fingerprint density at radius 3 is 2.64 bits per heavy atom. The minimum Gasteiger partial charge on any atom is -0.468 e. The fourth-order valence-electron chi connectivity index (χ4n) is 2.93. The zero-order valence-corrected chi connectivity index (χ0v) is 15.0. The highest BCUT2D eigenvalue weighted by atomic mass is 32.2. The van der Waals surface area contributed by atoms with Crippen molar-refractivity contribution < 1.29 is 17.6 Å². The van der Waals surface area contributed by atoms with Crippen LogP contribution >= 0.6 is 0 Å². The van der Waals surface area contributed by atoms with Gasteiger partial charge in [0.05, 0.1) is 17.7 Å². The van der Waals surface area contributed by atoms with Crippen molar-refractivity contribution in [3.8, 4) is 0 Å². The van der Waals surface area contributed by atoms with Gasteiger partial charge in [-0.1, -0.05) is 6.07 Å². The number of piperidine rings is 1. The molecule has 25 heavy (non-hydrogen) atoms. The third kappa shape index (κ3) is 4.11. The fourth-order valence-corrected chi connectivity index (χ4v) is 3.95. The van der Waals surface area contributed by atoms with Crippen LogP contribution in [0.25, 0.3) is 0 Å². The number of carbonyl (C=O) groups is 1. The van der Waals surface area contributed by atoms with Crippen LogP contribution in [0.15, 0.2) is 45.9 Å². The van der Waals surface area contributed by atoms with E-state index in [2.05, 4.69) is 4.72 Å². The summed E-state index contributed by atoms with van der Waals surface area (Å²) in [5.74, 6) is 0.431. The first kappa shape index (κ1) is 17.7. The fraction of sp³-hybridized carbons (Fsp3) is 0.389. The molecule has 1 saturated heterocycles. The molecule has 2 heterocycles. The Kier molecular flexibility index (Phi) is 5.24. The number of amides is 1. The molecule has 1 aromatic carbocycles. The highest BCUT2D eigenvalue weighted by Crippen LogP contribution is 2.20. The van der Waals surface area contributed by atoms with E-state index in [-0.39, 0.29) is 17.3 Å². The second-order valence-corrected chi connectivity index (χ2v) is 8.00. The number of hydrogen-bond acceptors (Lipinski definition) is 4. The van der Waals surface area contributed by atoms with Gasteiger partial charge in [0.25, 0.3) is 5.91 Å². The number of rotatable bonds is 5. The Bertz CT molecular complexity index is 838. The quantitative estimate of drug-likeness (QED) is 0.887. The molecule has 1 aliphatic rings. The molecule has 1 N–H and O–H groups in total. The number of carbonyl (C=O) groups excluding carboxylic acids is 1. The summed E-state index contributed by atoms with van der Waals surface area (Å²) in [6.07, 6.45) is 4.61. The van der Waals surface area contributed by atoms with Gasteiger partial charge in [0.2, 0.25) is 10.0 Å². The summed E-state index contributed by atoms with van der Waals surface area (Å²) in [7, 11) is -3.72. The third-order valence-corrected chi connectivity index (χ3v) is 5.81. The molecule has 0 saturated carbocycles. The van der Waals surface area contributed by atoms with E-state index in [1.165, 1.54) is 18.4 Å². The molecule has 1 fully saturated rings. The van der Waals surface area contributed by atoms with Gasteiger partial charge in [-0.15, -0.1) is 0 Å². The number of sulfonamides is 1. The molecule has 2 aromatic rings. The first-order valence-corrected chi connectivity index (χ1v) is 9.88. The molecule has 1 aliphatic heterocycles. The SMILES string of the molecule is Cc1ccc(S(=O)(=O)NCc2ccco2)cc1C(=O)N1CCCCC1. The van der Waals surface area contributed by atoms with E-state index in [0.717, 1.165) is 37.9 Å². The van der Waals surface area contributed by atoms with Crippen molar-refractivity contribution in [1.29, 1.82) is 0 Å². The number of hydrogen-bond donors (Lipinski definition) is 1. The van der Waals surface area contributed by atoms with Gasteiger partial charge in [-0.25, -0.2) is 13.1 Å². The molecule has 3 rings (SSSR count). The van der Waals surface area contributed by atoms with E-state index >= 15 is 0 Å². The number of furan rings is 1. The van der Waals surface area contributed by atoms with Gasteiger partial charge in [0.1, 0.15) is 5.76 Å². The first-order chi connectivity index (χ1) is 12.0. The third-order valence-electron chi connectivity index (χ3n) is 4.41. The average molecular weight is 362 g/mol. The smallest absolute Gasteiger partial charge is 0.254 e. The summed E-state index contributed by atoms with van der Waals surface area (Å²) < 4.78 is 32.7. The average Bonchev–Trinajstić information content (AvgIpc) is 3.14. The van der Waals surface area contributed by atoms with E-state index < -0.39 is 10.0 Å². The zero-order chi connectivity index (χ0) is 17.9. The topological polar surface area (TPSA) is 79.6 Å². The molecule has 1 amide bonds. The van der Waals surface area contributed by atoms with E-state index in [0.29, 0.717) is 11.3 Å². The molecule has 0 spiro atoms. The van der Waals surface area contributed by atoms with Crippen LogP contribution in [-0.4, -0.2) is 32.3 Å². The first-order valence-electron chi connectivity index (χ1n) is 8.39. The Balaban J connectivity index is 1.81. The Morgan fingerprint density at radius 2 is 1.96 bits per heavy atom. The lowest BCUT2D eigenvalue weighted by atomic mass is 10.1. The summed E-state index contributed by atoms with van der Waals surface area (Å²) in [6, 6.07) is 8.07. The van der Waals surface area contributed by atoms with E-state index in [4.69, 9.17) is 4.42 Å². The second kappa shape index (κ2) is 7.41.